The zero-order valence-electron chi connectivity index (χ0n) is 22.3. The fourth-order valence-corrected chi connectivity index (χ4v) is 5.85. The smallest absolute Gasteiger partial charge is 0.451 e. The number of H-pyrrole nitrogens is 1. The fourth-order valence-electron chi connectivity index (χ4n) is 5.85. The van der Waals surface area contributed by atoms with Gasteiger partial charge in [0.2, 0.25) is 5.82 Å². The quantitative estimate of drug-likeness (QED) is 0.328. The van der Waals surface area contributed by atoms with Gasteiger partial charge in [-0.05, 0) is 36.6 Å². The highest BCUT2D eigenvalue weighted by atomic mass is 19.4. The van der Waals surface area contributed by atoms with Crippen LogP contribution in [0, 0.1) is 11.3 Å². The second kappa shape index (κ2) is 10.3. The summed E-state index contributed by atoms with van der Waals surface area (Å²) < 4.78 is 41.7. The van der Waals surface area contributed by atoms with Gasteiger partial charge in [-0.2, -0.15) is 23.5 Å². The van der Waals surface area contributed by atoms with Gasteiger partial charge in [0.25, 0.3) is 5.91 Å². The fraction of sp³-hybridized carbons (Fsp3) is 0.357. The van der Waals surface area contributed by atoms with Crippen molar-refractivity contribution in [3.63, 3.8) is 0 Å². The molecule has 4 aromatic rings. The third kappa shape index (κ3) is 4.85. The molecular weight excluding hydrogens is 551 g/mol. The van der Waals surface area contributed by atoms with Crippen molar-refractivity contribution in [1.82, 2.24) is 39.5 Å². The molecule has 0 bridgehead atoms. The molecule has 2 N–H and O–H groups in total. The lowest BCUT2D eigenvalue weighted by Gasteiger charge is -2.52. The highest BCUT2D eigenvalue weighted by Crippen LogP contribution is 2.45. The van der Waals surface area contributed by atoms with Crippen LogP contribution in [0.15, 0.2) is 49.6 Å². The van der Waals surface area contributed by atoms with Crippen molar-refractivity contribution in [2.45, 2.75) is 37.0 Å². The number of amides is 1. The molecule has 216 valence electrons. The third-order valence-corrected chi connectivity index (χ3v) is 8.09. The van der Waals surface area contributed by atoms with E-state index < -0.39 is 40.6 Å². The van der Waals surface area contributed by atoms with Crippen molar-refractivity contribution in [1.29, 1.82) is 5.26 Å². The van der Waals surface area contributed by atoms with E-state index in [-0.39, 0.29) is 6.04 Å². The van der Waals surface area contributed by atoms with Gasteiger partial charge in [-0.15, -0.1) is 0 Å². The van der Waals surface area contributed by atoms with Gasteiger partial charge in [-0.3, -0.25) is 14.4 Å². The molecule has 1 saturated heterocycles. The number of aromatic amines is 1. The van der Waals surface area contributed by atoms with Crippen molar-refractivity contribution in [3.05, 3.63) is 66.8 Å². The van der Waals surface area contributed by atoms with Crippen molar-refractivity contribution in [2.24, 2.45) is 0 Å². The average Bonchev–Trinajstić information content (AvgIpc) is 3.64. The molecule has 2 fully saturated rings. The van der Waals surface area contributed by atoms with E-state index in [2.05, 4.69) is 42.6 Å². The first-order valence-corrected chi connectivity index (χ1v) is 13.3. The second-order valence-electron chi connectivity index (χ2n) is 10.6. The van der Waals surface area contributed by atoms with E-state index in [1.807, 2.05) is 29.2 Å². The summed E-state index contributed by atoms with van der Waals surface area (Å²) in [6.45, 7) is 4.84. The van der Waals surface area contributed by atoms with Crippen LogP contribution < -0.4 is 0 Å². The summed E-state index contributed by atoms with van der Waals surface area (Å²) in [4.78, 5) is 30.9. The summed E-state index contributed by atoms with van der Waals surface area (Å²) in [6.07, 6.45) is 4.16. The number of aliphatic hydroxyl groups is 1. The number of aromatic nitrogens is 6. The Labute approximate surface area is 237 Å². The van der Waals surface area contributed by atoms with Gasteiger partial charge in [-0.1, -0.05) is 6.58 Å². The molecule has 0 radical (unpaired) electrons. The predicted octanol–water partition coefficient (Wildman–Crippen LogP) is 3.99. The molecule has 1 aliphatic carbocycles. The van der Waals surface area contributed by atoms with E-state index in [1.54, 1.807) is 12.4 Å². The first-order valence-electron chi connectivity index (χ1n) is 13.3. The van der Waals surface area contributed by atoms with Gasteiger partial charge in [0, 0.05) is 61.8 Å². The topological polar surface area (TPSA) is 140 Å². The number of carbonyl (C=O) groups is 1. The minimum Gasteiger partial charge on any atom is -0.506 e. The summed E-state index contributed by atoms with van der Waals surface area (Å²) in [5.41, 5.74) is 1.36. The number of aliphatic hydroxyl groups excluding tert-OH is 1. The number of nitrogens with one attached hydrogen (secondary N) is 1. The predicted molar refractivity (Wildman–Crippen MR) is 145 cm³/mol. The van der Waals surface area contributed by atoms with E-state index in [9.17, 15) is 28.3 Å². The summed E-state index contributed by atoms with van der Waals surface area (Å²) in [7, 11) is 0. The number of fused-ring (bicyclic) bond motifs is 1. The molecule has 2 aliphatic rings. The lowest BCUT2D eigenvalue weighted by Crippen LogP contribution is -2.60. The molecule has 42 heavy (non-hydrogen) atoms. The Morgan fingerprint density at radius 1 is 1.19 bits per heavy atom. The maximum absolute atomic E-state index is 13.3. The van der Waals surface area contributed by atoms with Crippen LogP contribution in [-0.4, -0.2) is 82.8 Å². The average molecular weight is 578 g/mol. The zero-order chi connectivity index (χ0) is 29.6. The van der Waals surface area contributed by atoms with Gasteiger partial charge in [0.1, 0.15) is 22.8 Å². The Balaban J connectivity index is 1.12. The molecule has 0 unspecified atom stereocenters. The van der Waals surface area contributed by atoms with Crippen LogP contribution in [0.5, 0.6) is 0 Å². The van der Waals surface area contributed by atoms with Crippen molar-refractivity contribution in [2.75, 3.05) is 26.2 Å². The molecule has 1 saturated carbocycles. The van der Waals surface area contributed by atoms with Crippen LogP contribution in [0.3, 0.4) is 0 Å². The van der Waals surface area contributed by atoms with Crippen LogP contribution in [0.4, 0.5) is 13.2 Å². The normalized spacial score (nSPS) is 21.2. The number of nitrogens with zero attached hydrogens (tertiary/aromatic N) is 8. The molecule has 11 nitrogen and oxygen atoms in total. The van der Waals surface area contributed by atoms with Gasteiger partial charge >= 0.3 is 6.18 Å². The molecule has 1 aliphatic heterocycles. The molecule has 0 spiro atoms. The van der Waals surface area contributed by atoms with Gasteiger partial charge in [0.05, 0.1) is 24.2 Å². The van der Waals surface area contributed by atoms with Crippen LogP contribution in [0.1, 0.15) is 41.3 Å². The van der Waals surface area contributed by atoms with E-state index >= 15 is 0 Å². The number of hydrogen-bond acceptors (Lipinski definition) is 8. The van der Waals surface area contributed by atoms with Gasteiger partial charge in [-0.25, -0.2) is 15.0 Å². The Morgan fingerprint density at radius 3 is 2.62 bits per heavy atom. The summed E-state index contributed by atoms with van der Waals surface area (Å²) >= 11 is 0. The number of halogens is 3. The highest BCUT2D eigenvalue weighted by Gasteiger charge is 2.49. The van der Waals surface area contributed by atoms with E-state index in [0.717, 1.165) is 28.2 Å². The molecule has 14 heteroatoms. The number of carbonyl (C=O) groups excluding carboxylic acids is 1. The van der Waals surface area contributed by atoms with E-state index in [4.69, 9.17) is 0 Å². The van der Waals surface area contributed by atoms with Crippen LogP contribution in [0.2, 0.25) is 0 Å². The van der Waals surface area contributed by atoms with Crippen LogP contribution >= 0.6 is 0 Å². The van der Waals surface area contributed by atoms with Crippen molar-refractivity contribution >= 4 is 22.7 Å². The maximum atomic E-state index is 13.3. The monoisotopic (exact) mass is 577 g/mol. The molecule has 6 rings (SSSR count). The molecular formula is C28H26F3N9O2. The Bertz CT molecular complexity index is 1710. The molecule has 0 aromatic carbocycles. The third-order valence-electron chi connectivity index (χ3n) is 8.09. The maximum Gasteiger partial charge on any atom is 0.451 e. The lowest BCUT2D eigenvalue weighted by atomic mass is 9.70. The Morgan fingerprint density at radius 2 is 1.93 bits per heavy atom. The van der Waals surface area contributed by atoms with Crippen LogP contribution in [-0.2, 0) is 11.7 Å². The minimum absolute atomic E-state index is 0.167. The number of piperazine rings is 1. The van der Waals surface area contributed by atoms with E-state index in [1.165, 1.54) is 4.90 Å². The number of rotatable bonds is 6. The number of nitriles is 1. The summed E-state index contributed by atoms with van der Waals surface area (Å²) in [5.74, 6) is -2.87. The number of pyridine rings is 1. The van der Waals surface area contributed by atoms with Gasteiger partial charge < -0.3 is 15.0 Å². The number of hydrogen-bond donors (Lipinski definition) is 2. The largest absolute Gasteiger partial charge is 0.506 e. The first-order chi connectivity index (χ1) is 20.1. The van der Waals surface area contributed by atoms with Crippen LogP contribution in [0.25, 0.3) is 27.9 Å². The number of alkyl halides is 3. The molecule has 1 amide bonds. The minimum atomic E-state index is -4.89. The Kier molecular flexibility index (Phi) is 6.69. The zero-order valence-corrected chi connectivity index (χ0v) is 22.3. The van der Waals surface area contributed by atoms with Gasteiger partial charge in [0.15, 0.2) is 0 Å². The lowest BCUT2D eigenvalue weighted by molar-refractivity contribution is -0.145. The van der Waals surface area contributed by atoms with E-state index in [0.29, 0.717) is 45.4 Å². The second-order valence-corrected chi connectivity index (χ2v) is 10.6. The molecule has 5 heterocycles. The molecule has 0 atom stereocenters. The Hall–Kier alpha value is -4.77. The van der Waals surface area contributed by atoms with Crippen molar-refractivity contribution in [3.8, 4) is 17.2 Å². The highest BCUT2D eigenvalue weighted by molar-refractivity contribution is 5.93. The summed E-state index contributed by atoms with van der Waals surface area (Å²) in [6, 6.07) is 7.39. The first kappa shape index (κ1) is 27.4. The van der Waals surface area contributed by atoms with Crippen molar-refractivity contribution < 1.29 is 23.1 Å². The molecule has 4 aromatic heterocycles. The standard InChI is InChI=1S/C28H26F3N9O2/c1-17(41)22-12-23(37-26(36-22)28(29,30)31)25(42)39-10-8-38(9-11-39)19-13-27(14-19,4-5-32)40-16-18(15-35-40)20-2-6-33-24-21(20)3-7-34-24/h2-3,6-7,12,15-16,19,41H,1,4,8-11,13-14H2,(H,33,34)/t19-,27+. The summed E-state index contributed by atoms with van der Waals surface area (Å²) in [5, 5.41) is 24.8. The SMILES string of the molecule is C=C(O)c1cc(C(=O)N2CCN([C@H]3C[C@@](CC#N)(n4cc(-c5ccnc6[nH]ccc56)cn4)C3)CC2)nc(C(F)(F)F)n1.